The molecule has 2 atom stereocenters. The van der Waals surface area contributed by atoms with E-state index in [1.807, 2.05) is 0 Å². The second-order valence-corrected chi connectivity index (χ2v) is 27.2. The molecule has 0 radical (unpaired) electrons. The largest absolute Gasteiger partial charge is 0.545 e. The van der Waals surface area contributed by atoms with E-state index in [9.17, 15) is 4.79 Å². The summed E-state index contributed by atoms with van der Waals surface area (Å²) in [5.41, 5.74) is 2.17. The Balaban J connectivity index is 4.20. The fourth-order valence-electron chi connectivity index (χ4n) is 4.29. The highest BCUT2D eigenvalue weighted by molar-refractivity contribution is 6.71. The van der Waals surface area contributed by atoms with Crippen LogP contribution < -0.4 is 0 Å². The van der Waals surface area contributed by atoms with Crippen molar-refractivity contribution in [3.05, 3.63) is 46.5 Å². The number of rotatable bonds is 12. The van der Waals surface area contributed by atoms with Crippen molar-refractivity contribution in [3.63, 3.8) is 0 Å². The number of ketones is 1. The molecule has 0 aliphatic heterocycles. The van der Waals surface area contributed by atoms with Crippen LogP contribution in [0, 0.1) is 11.8 Å². The van der Waals surface area contributed by atoms with Crippen LogP contribution in [0.15, 0.2) is 46.5 Å². The summed E-state index contributed by atoms with van der Waals surface area (Å²) in [6, 6.07) is 0. The average molecular weight is 551 g/mol. The SMILES string of the molecule is CC(C)=CC[C@H]1C(=O)C(/C(=C/C(C)C)O[Si](C)(C)C)=C(O[Si](C)(C)C)[C@@]1(CC=C(C)C)O[Si](C)(C)C. The maximum Gasteiger partial charge on any atom is 0.242 e. The first kappa shape index (κ1) is 32.9. The molecule has 7 heteroatoms. The van der Waals surface area contributed by atoms with Gasteiger partial charge in [-0.15, -0.1) is 0 Å². The Bertz CT molecular complexity index is 914. The molecule has 0 aromatic carbocycles. The lowest BCUT2D eigenvalue weighted by atomic mass is 9.82. The zero-order valence-electron chi connectivity index (χ0n) is 25.9. The maximum atomic E-state index is 14.5. The number of carbonyl (C=O) groups is 1. The molecule has 0 fully saturated rings. The standard InChI is InChI=1S/C29H54O4Si3/c1-21(2)16-17-24-27(30)26(25(20-23(5)6)31-34(7,8)9)28(32-35(10,11)12)29(24,19-18-22(3)4)33-36(13,14)15/h16,18,20,23-24H,17,19H2,1-15H3/b25-20-/t24-,29-/m0/s1. The summed E-state index contributed by atoms with van der Waals surface area (Å²) in [7, 11) is -6.24. The van der Waals surface area contributed by atoms with Crippen LogP contribution in [0.25, 0.3) is 0 Å². The summed E-state index contributed by atoms with van der Waals surface area (Å²) in [5, 5.41) is 0. The van der Waals surface area contributed by atoms with Gasteiger partial charge in [-0.1, -0.05) is 37.1 Å². The summed E-state index contributed by atoms with van der Waals surface area (Å²) in [6.07, 6.45) is 7.71. The molecule has 0 unspecified atom stereocenters. The van der Waals surface area contributed by atoms with Crippen LogP contribution >= 0.6 is 0 Å². The van der Waals surface area contributed by atoms with Crippen molar-refractivity contribution in [2.75, 3.05) is 0 Å². The third-order valence-electron chi connectivity index (χ3n) is 5.36. The number of carbonyl (C=O) groups excluding carboxylic acids is 1. The smallest absolute Gasteiger partial charge is 0.242 e. The van der Waals surface area contributed by atoms with E-state index in [4.69, 9.17) is 13.3 Å². The Morgan fingerprint density at radius 2 is 1.39 bits per heavy atom. The zero-order valence-corrected chi connectivity index (χ0v) is 28.9. The minimum absolute atomic E-state index is 0.0892. The van der Waals surface area contributed by atoms with Gasteiger partial charge in [0.25, 0.3) is 0 Å². The minimum Gasteiger partial charge on any atom is -0.545 e. The summed E-state index contributed by atoms with van der Waals surface area (Å²) >= 11 is 0. The van der Waals surface area contributed by atoms with Gasteiger partial charge in [-0.25, -0.2) is 0 Å². The molecule has 0 saturated carbocycles. The van der Waals surface area contributed by atoms with Crippen molar-refractivity contribution in [2.45, 2.75) is 119 Å². The van der Waals surface area contributed by atoms with Gasteiger partial charge in [0.15, 0.2) is 14.1 Å². The average Bonchev–Trinajstić information content (AvgIpc) is 2.81. The lowest BCUT2D eigenvalue weighted by molar-refractivity contribution is -0.123. The summed E-state index contributed by atoms with van der Waals surface area (Å²) < 4.78 is 20.7. The van der Waals surface area contributed by atoms with Gasteiger partial charge in [0.1, 0.15) is 17.1 Å². The predicted octanol–water partition coefficient (Wildman–Crippen LogP) is 8.99. The molecular weight excluding hydrogens is 497 g/mol. The molecule has 0 heterocycles. The molecule has 1 aliphatic carbocycles. The number of hydrogen-bond acceptors (Lipinski definition) is 4. The van der Waals surface area contributed by atoms with Gasteiger partial charge in [0, 0.05) is 6.42 Å². The van der Waals surface area contributed by atoms with Crippen LogP contribution in [0.5, 0.6) is 0 Å². The summed E-state index contributed by atoms with van der Waals surface area (Å²) in [4.78, 5) is 14.5. The quantitative estimate of drug-likeness (QED) is 0.138. The number of hydrogen-bond donors (Lipinski definition) is 0. The third-order valence-corrected chi connectivity index (χ3v) is 7.98. The second kappa shape index (κ2) is 12.1. The minimum atomic E-state index is -2.12. The Kier molecular flexibility index (Phi) is 11.1. The Morgan fingerprint density at radius 3 is 1.78 bits per heavy atom. The Morgan fingerprint density at radius 1 is 0.861 bits per heavy atom. The van der Waals surface area contributed by atoms with Gasteiger partial charge in [0.2, 0.25) is 16.6 Å². The highest BCUT2D eigenvalue weighted by Crippen LogP contribution is 2.51. The first-order chi connectivity index (χ1) is 16.1. The summed E-state index contributed by atoms with van der Waals surface area (Å²) in [5.74, 6) is 1.35. The molecule has 206 valence electrons. The van der Waals surface area contributed by atoms with Crippen molar-refractivity contribution < 1.29 is 18.1 Å². The van der Waals surface area contributed by atoms with E-state index in [0.29, 0.717) is 29.9 Å². The zero-order chi connectivity index (χ0) is 28.3. The van der Waals surface area contributed by atoms with Gasteiger partial charge in [-0.05, 0) is 105 Å². The molecule has 1 rings (SSSR count). The van der Waals surface area contributed by atoms with E-state index in [0.717, 1.165) is 0 Å². The highest BCUT2D eigenvalue weighted by Gasteiger charge is 2.58. The van der Waals surface area contributed by atoms with Crippen LogP contribution in [0.2, 0.25) is 58.9 Å². The van der Waals surface area contributed by atoms with Crippen molar-refractivity contribution in [3.8, 4) is 0 Å². The van der Waals surface area contributed by atoms with Gasteiger partial charge in [-0.3, -0.25) is 4.79 Å². The van der Waals surface area contributed by atoms with Crippen LogP contribution in [0.1, 0.15) is 54.4 Å². The van der Waals surface area contributed by atoms with Crippen molar-refractivity contribution in [1.82, 2.24) is 0 Å². The van der Waals surface area contributed by atoms with Crippen molar-refractivity contribution in [2.24, 2.45) is 11.8 Å². The van der Waals surface area contributed by atoms with Gasteiger partial charge >= 0.3 is 0 Å². The third kappa shape index (κ3) is 9.95. The normalized spacial score (nSPS) is 21.7. The molecule has 4 nitrogen and oxygen atoms in total. The first-order valence-electron chi connectivity index (χ1n) is 13.4. The van der Waals surface area contributed by atoms with Crippen LogP contribution in [-0.4, -0.2) is 36.3 Å². The topological polar surface area (TPSA) is 44.8 Å². The first-order valence-corrected chi connectivity index (χ1v) is 23.7. The van der Waals surface area contributed by atoms with Gasteiger partial charge in [-0.2, -0.15) is 0 Å². The molecule has 0 aromatic rings. The molecule has 36 heavy (non-hydrogen) atoms. The number of allylic oxidation sites excluding steroid dienone is 5. The Hall–Kier alpha value is -1.16. The maximum absolute atomic E-state index is 14.5. The van der Waals surface area contributed by atoms with E-state index in [2.05, 4.69) is 119 Å². The molecule has 1 aliphatic rings. The molecule has 0 amide bonds. The highest BCUT2D eigenvalue weighted by atomic mass is 28.4. The van der Waals surface area contributed by atoms with Crippen LogP contribution in [-0.2, 0) is 18.1 Å². The van der Waals surface area contributed by atoms with Crippen LogP contribution in [0.3, 0.4) is 0 Å². The van der Waals surface area contributed by atoms with E-state index < -0.39 is 30.6 Å². The van der Waals surface area contributed by atoms with Gasteiger partial charge < -0.3 is 13.3 Å². The lowest BCUT2D eigenvalue weighted by Crippen LogP contribution is -2.50. The van der Waals surface area contributed by atoms with Crippen molar-refractivity contribution in [1.29, 1.82) is 0 Å². The predicted molar refractivity (Wildman–Crippen MR) is 163 cm³/mol. The fourth-order valence-corrected chi connectivity index (χ4v) is 7.42. The van der Waals surface area contributed by atoms with E-state index in [-0.39, 0.29) is 17.6 Å². The molecule has 0 bridgehead atoms. The second-order valence-electron chi connectivity index (χ2n) is 13.9. The van der Waals surface area contributed by atoms with E-state index in [1.54, 1.807) is 0 Å². The van der Waals surface area contributed by atoms with E-state index in [1.165, 1.54) is 11.1 Å². The van der Waals surface area contributed by atoms with E-state index >= 15 is 0 Å². The Labute approximate surface area is 225 Å². The molecule has 0 aromatic heterocycles. The molecule has 0 spiro atoms. The van der Waals surface area contributed by atoms with Gasteiger partial charge in [0.05, 0.1) is 11.5 Å². The molecule has 0 N–H and O–H groups in total. The molecule has 0 saturated heterocycles. The fraction of sp³-hybridized carbons (Fsp3) is 0.690. The van der Waals surface area contributed by atoms with Crippen LogP contribution in [0.4, 0.5) is 0 Å². The monoisotopic (exact) mass is 550 g/mol. The molecular formula is C29H54O4Si3. The number of Topliss-reactive ketones (excluding diaryl/α,β-unsaturated/α-hetero) is 1. The summed E-state index contributed by atoms with van der Waals surface area (Å²) in [6.45, 7) is 32.3. The lowest BCUT2D eigenvalue weighted by Gasteiger charge is -2.43. The van der Waals surface area contributed by atoms with Crippen molar-refractivity contribution >= 4 is 30.7 Å².